The van der Waals surface area contributed by atoms with Crippen molar-refractivity contribution in [2.24, 2.45) is 0 Å². The highest BCUT2D eigenvalue weighted by Gasteiger charge is 2.31. The lowest BCUT2D eigenvalue weighted by Gasteiger charge is -2.40. The summed E-state index contributed by atoms with van der Waals surface area (Å²) in [5, 5.41) is 3.42. The Labute approximate surface area is 128 Å². The Balaban J connectivity index is 2.08. The lowest BCUT2D eigenvalue weighted by Crippen LogP contribution is -2.49. The smallest absolute Gasteiger partial charge is 0.123 e. The van der Waals surface area contributed by atoms with E-state index < -0.39 is 0 Å². The third-order valence-corrected chi connectivity index (χ3v) is 4.53. The molecule has 1 fully saturated rings. The minimum absolute atomic E-state index is 0.0166. The molecule has 1 aromatic rings. The molecule has 0 saturated carbocycles. The molecule has 1 saturated heterocycles. The number of nitrogens with one attached hydrogen (secondary N) is 1. The second-order valence-corrected chi connectivity index (χ2v) is 6.08. The number of para-hydroxylation sites is 1. The number of nitrogens with zero attached hydrogens (tertiary/aromatic N) is 1. The van der Waals surface area contributed by atoms with Crippen LogP contribution in [0.1, 0.15) is 31.4 Å². The van der Waals surface area contributed by atoms with Gasteiger partial charge in [0.15, 0.2) is 0 Å². The molecule has 0 aromatic heterocycles. The van der Waals surface area contributed by atoms with Crippen LogP contribution in [0.4, 0.5) is 0 Å². The first-order valence-corrected chi connectivity index (χ1v) is 7.69. The van der Waals surface area contributed by atoms with E-state index in [4.69, 9.17) is 9.47 Å². The molecule has 0 radical (unpaired) electrons. The van der Waals surface area contributed by atoms with E-state index in [1.165, 1.54) is 12.0 Å². The molecule has 118 valence electrons. The van der Waals surface area contributed by atoms with Gasteiger partial charge < -0.3 is 14.8 Å². The van der Waals surface area contributed by atoms with E-state index in [-0.39, 0.29) is 11.6 Å². The van der Waals surface area contributed by atoms with Gasteiger partial charge in [-0.05, 0) is 39.4 Å². The van der Waals surface area contributed by atoms with Crippen LogP contribution in [0.3, 0.4) is 0 Å². The minimum atomic E-state index is -0.0166. The number of ether oxygens (including phenoxy) is 2. The maximum Gasteiger partial charge on any atom is 0.123 e. The highest BCUT2D eigenvalue weighted by Crippen LogP contribution is 2.28. The first kappa shape index (κ1) is 16.3. The zero-order valence-electron chi connectivity index (χ0n) is 13.7. The third-order valence-electron chi connectivity index (χ3n) is 4.53. The number of rotatable bonds is 6. The van der Waals surface area contributed by atoms with Crippen LogP contribution in [0.2, 0.25) is 0 Å². The van der Waals surface area contributed by atoms with Crippen molar-refractivity contribution in [3.63, 3.8) is 0 Å². The van der Waals surface area contributed by atoms with Gasteiger partial charge in [-0.3, -0.25) is 4.90 Å². The van der Waals surface area contributed by atoms with Gasteiger partial charge in [-0.1, -0.05) is 18.2 Å². The Hall–Kier alpha value is -1.10. The molecule has 0 amide bonds. The highest BCUT2D eigenvalue weighted by atomic mass is 16.5. The van der Waals surface area contributed by atoms with Crippen molar-refractivity contribution in [1.29, 1.82) is 0 Å². The van der Waals surface area contributed by atoms with Crippen LogP contribution in [0.15, 0.2) is 24.3 Å². The van der Waals surface area contributed by atoms with Gasteiger partial charge in [0.25, 0.3) is 0 Å². The van der Waals surface area contributed by atoms with Crippen LogP contribution in [-0.2, 0) is 4.74 Å². The number of hydrogen-bond acceptors (Lipinski definition) is 4. The maximum atomic E-state index is 5.69. The van der Waals surface area contributed by atoms with E-state index >= 15 is 0 Å². The summed E-state index contributed by atoms with van der Waals surface area (Å²) in [5.74, 6) is 0.948. The fourth-order valence-corrected chi connectivity index (χ4v) is 3.19. The van der Waals surface area contributed by atoms with Crippen molar-refractivity contribution in [2.75, 3.05) is 40.9 Å². The highest BCUT2D eigenvalue weighted by molar-refractivity contribution is 5.36. The van der Waals surface area contributed by atoms with Crippen molar-refractivity contribution < 1.29 is 9.47 Å². The van der Waals surface area contributed by atoms with Gasteiger partial charge in [-0.2, -0.15) is 0 Å². The molecule has 1 N–H and O–H groups in total. The molecule has 2 rings (SSSR count). The molecule has 1 aliphatic heterocycles. The van der Waals surface area contributed by atoms with E-state index in [2.05, 4.69) is 29.3 Å². The van der Waals surface area contributed by atoms with Gasteiger partial charge in [-0.25, -0.2) is 0 Å². The van der Waals surface area contributed by atoms with Crippen molar-refractivity contribution in [3.8, 4) is 5.75 Å². The number of piperidine rings is 1. The van der Waals surface area contributed by atoms with Crippen LogP contribution < -0.4 is 10.1 Å². The normalized spacial score (nSPS) is 24.8. The minimum Gasteiger partial charge on any atom is -0.496 e. The van der Waals surface area contributed by atoms with E-state index in [0.717, 1.165) is 31.8 Å². The van der Waals surface area contributed by atoms with Crippen molar-refractivity contribution >= 4 is 0 Å². The van der Waals surface area contributed by atoms with Crippen LogP contribution in [0.25, 0.3) is 0 Å². The Bertz CT molecular complexity index is 452. The second-order valence-electron chi connectivity index (χ2n) is 6.08. The Morgan fingerprint density at radius 3 is 2.76 bits per heavy atom. The Kier molecular flexibility index (Phi) is 5.62. The first-order valence-electron chi connectivity index (χ1n) is 7.69. The lowest BCUT2D eigenvalue weighted by molar-refractivity contribution is -0.0523. The fourth-order valence-electron chi connectivity index (χ4n) is 3.19. The lowest BCUT2D eigenvalue weighted by atomic mass is 9.94. The molecule has 1 aliphatic rings. The standard InChI is InChI=1S/C17H28N2O2/c1-17(21-4)10-7-11-19(13-17)12-15(18-2)14-8-5-6-9-16(14)20-3/h5-6,8-9,15,18H,7,10-13H2,1-4H3. The number of benzene rings is 1. The van der Waals surface area contributed by atoms with Gasteiger partial charge in [-0.15, -0.1) is 0 Å². The fraction of sp³-hybridized carbons (Fsp3) is 0.647. The molecular formula is C17H28N2O2. The van der Waals surface area contributed by atoms with Gasteiger partial charge in [0, 0.05) is 31.8 Å². The average molecular weight is 292 g/mol. The summed E-state index contributed by atoms with van der Waals surface area (Å²) in [5.41, 5.74) is 1.20. The molecule has 4 nitrogen and oxygen atoms in total. The van der Waals surface area contributed by atoms with Gasteiger partial charge in [0.1, 0.15) is 5.75 Å². The third kappa shape index (κ3) is 3.96. The van der Waals surface area contributed by atoms with Crippen molar-refractivity contribution in [3.05, 3.63) is 29.8 Å². The summed E-state index contributed by atoms with van der Waals surface area (Å²) < 4.78 is 11.2. The predicted octanol–water partition coefficient (Wildman–Crippen LogP) is 2.46. The molecule has 0 spiro atoms. The summed E-state index contributed by atoms with van der Waals surface area (Å²) in [6, 6.07) is 8.50. The number of methoxy groups -OCH3 is 2. The number of likely N-dealkylation sites (tertiary alicyclic amines) is 1. The summed E-state index contributed by atoms with van der Waals surface area (Å²) in [6.07, 6.45) is 2.32. The zero-order chi connectivity index (χ0) is 15.3. The largest absolute Gasteiger partial charge is 0.496 e. The van der Waals surface area contributed by atoms with Crippen LogP contribution in [0, 0.1) is 0 Å². The van der Waals surface area contributed by atoms with E-state index in [1.54, 1.807) is 7.11 Å². The molecule has 0 aliphatic carbocycles. The Morgan fingerprint density at radius 2 is 2.10 bits per heavy atom. The van der Waals surface area contributed by atoms with E-state index in [0.29, 0.717) is 0 Å². The molecule has 0 bridgehead atoms. The van der Waals surface area contributed by atoms with Gasteiger partial charge in [0.2, 0.25) is 0 Å². The average Bonchev–Trinajstić information content (AvgIpc) is 2.53. The monoisotopic (exact) mass is 292 g/mol. The number of hydrogen-bond donors (Lipinski definition) is 1. The molecule has 2 atom stereocenters. The zero-order valence-corrected chi connectivity index (χ0v) is 13.7. The predicted molar refractivity (Wildman–Crippen MR) is 85.9 cm³/mol. The molecule has 2 unspecified atom stereocenters. The molecule has 1 heterocycles. The van der Waals surface area contributed by atoms with Crippen molar-refractivity contribution in [1.82, 2.24) is 10.2 Å². The SMILES string of the molecule is CNC(CN1CCCC(C)(OC)C1)c1ccccc1OC. The second kappa shape index (κ2) is 7.25. The Morgan fingerprint density at radius 1 is 1.33 bits per heavy atom. The van der Waals surface area contributed by atoms with Crippen LogP contribution in [0.5, 0.6) is 5.75 Å². The molecular weight excluding hydrogens is 264 g/mol. The number of likely N-dealkylation sites (N-methyl/N-ethyl adjacent to an activating group) is 1. The van der Waals surface area contributed by atoms with E-state index in [9.17, 15) is 0 Å². The first-order chi connectivity index (χ1) is 10.1. The maximum absolute atomic E-state index is 5.69. The summed E-state index contributed by atoms with van der Waals surface area (Å²) >= 11 is 0. The topological polar surface area (TPSA) is 33.7 Å². The quantitative estimate of drug-likeness (QED) is 0.873. The van der Waals surface area contributed by atoms with Crippen LogP contribution in [-0.4, -0.2) is 51.4 Å². The molecule has 1 aromatic carbocycles. The van der Waals surface area contributed by atoms with Crippen LogP contribution >= 0.6 is 0 Å². The summed E-state index contributed by atoms with van der Waals surface area (Å²) in [4.78, 5) is 2.49. The molecule has 4 heteroatoms. The summed E-state index contributed by atoms with van der Waals surface area (Å²) in [7, 11) is 5.56. The molecule has 21 heavy (non-hydrogen) atoms. The summed E-state index contributed by atoms with van der Waals surface area (Å²) in [6.45, 7) is 5.29. The van der Waals surface area contributed by atoms with Gasteiger partial charge >= 0.3 is 0 Å². The van der Waals surface area contributed by atoms with E-state index in [1.807, 2.05) is 26.3 Å². The van der Waals surface area contributed by atoms with Gasteiger partial charge in [0.05, 0.1) is 12.7 Å². The van der Waals surface area contributed by atoms with Crippen molar-refractivity contribution in [2.45, 2.75) is 31.4 Å².